The molecule has 1 saturated carbocycles. The predicted octanol–water partition coefficient (Wildman–Crippen LogP) is 3.15. The van der Waals surface area contributed by atoms with E-state index in [-0.39, 0.29) is 0 Å². The van der Waals surface area contributed by atoms with Gasteiger partial charge in [-0.2, -0.15) is 0 Å². The van der Waals surface area contributed by atoms with Gasteiger partial charge in [-0.25, -0.2) is 13.1 Å². The second kappa shape index (κ2) is 11.3. The van der Waals surface area contributed by atoms with Crippen LogP contribution in [0.15, 0.2) is 24.3 Å². The van der Waals surface area contributed by atoms with Crippen molar-refractivity contribution in [1.82, 2.24) is 9.62 Å². The van der Waals surface area contributed by atoms with Gasteiger partial charge in [-0.1, -0.05) is 31.4 Å². The molecule has 1 aliphatic carbocycles. The van der Waals surface area contributed by atoms with Gasteiger partial charge >= 0.3 is 0 Å². The number of nitrogens with zero attached hydrogens (tertiary/aromatic N) is 3. The first-order valence-electron chi connectivity index (χ1n) is 11.7. The van der Waals surface area contributed by atoms with Crippen molar-refractivity contribution in [2.24, 2.45) is 5.92 Å². The molecule has 1 aromatic rings. The molecular formula is C23H40N4O2S. The highest BCUT2D eigenvalue weighted by Crippen LogP contribution is 2.28. The van der Waals surface area contributed by atoms with Gasteiger partial charge in [0.2, 0.25) is 10.0 Å². The minimum absolute atomic E-state index is 0.323. The second-order valence-corrected chi connectivity index (χ2v) is 11.0. The summed E-state index contributed by atoms with van der Waals surface area (Å²) < 4.78 is 27.4. The van der Waals surface area contributed by atoms with Crippen LogP contribution < -0.4 is 14.5 Å². The summed E-state index contributed by atoms with van der Waals surface area (Å²) in [5.41, 5.74) is 2.58. The van der Waals surface area contributed by atoms with E-state index in [2.05, 4.69) is 57.8 Å². The molecule has 0 amide bonds. The van der Waals surface area contributed by atoms with Crippen LogP contribution in [-0.4, -0.2) is 72.4 Å². The highest BCUT2D eigenvalue weighted by molar-refractivity contribution is 7.89. The van der Waals surface area contributed by atoms with Gasteiger partial charge in [0.15, 0.2) is 0 Å². The Morgan fingerprint density at radius 1 is 1.00 bits per heavy atom. The zero-order valence-corrected chi connectivity index (χ0v) is 19.7. The average Bonchev–Trinajstić information content (AvgIpc) is 2.74. The molecule has 1 heterocycles. The summed E-state index contributed by atoms with van der Waals surface area (Å²) >= 11 is 0. The number of nitrogens with one attached hydrogen (secondary N) is 1. The Kier molecular flexibility index (Phi) is 8.84. The molecule has 7 heteroatoms. The van der Waals surface area contributed by atoms with Gasteiger partial charge in [-0.3, -0.25) is 4.90 Å². The van der Waals surface area contributed by atoms with Crippen molar-refractivity contribution in [3.8, 4) is 0 Å². The fraction of sp³-hybridized carbons (Fsp3) is 0.739. The van der Waals surface area contributed by atoms with Crippen molar-refractivity contribution in [1.29, 1.82) is 0 Å². The maximum atomic E-state index is 12.3. The molecule has 0 spiro atoms. The van der Waals surface area contributed by atoms with Crippen LogP contribution in [0.5, 0.6) is 0 Å². The first kappa shape index (κ1) is 23.4. The molecule has 1 N–H and O–H groups in total. The summed E-state index contributed by atoms with van der Waals surface area (Å²) in [6.45, 7) is 5.83. The Balaban J connectivity index is 1.32. The molecule has 0 atom stereocenters. The molecule has 2 aliphatic rings. The molecule has 30 heavy (non-hydrogen) atoms. The lowest BCUT2D eigenvalue weighted by atomic mass is 9.91. The number of anilines is 2. The van der Waals surface area contributed by atoms with E-state index >= 15 is 0 Å². The average molecular weight is 437 g/mol. The summed E-state index contributed by atoms with van der Waals surface area (Å²) in [5.74, 6) is 0.689. The van der Waals surface area contributed by atoms with Gasteiger partial charge in [-0.05, 0) is 50.3 Å². The van der Waals surface area contributed by atoms with Gasteiger partial charge in [0.05, 0.1) is 17.1 Å². The maximum absolute atomic E-state index is 12.3. The first-order valence-corrected chi connectivity index (χ1v) is 13.3. The summed E-state index contributed by atoms with van der Waals surface area (Å²) in [4.78, 5) is 7.16. The van der Waals surface area contributed by atoms with Gasteiger partial charge in [-0.15, -0.1) is 0 Å². The van der Waals surface area contributed by atoms with Crippen LogP contribution in [0.3, 0.4) is 0 Å². The summed E-state index contributed by atoms with van der Waals surface area (Å²) in [6.07, 6.45) is 7.74. The molecule has 1 aromatic carbocycles. The Labute approximate surface area is 183 Å². The number of para-hydroxylation sites is 2. The number of hydrogen-bond donors (Lipinski definition) is 1. The van der Waals surface area contributed by atoms with E-state index in [1.807, 2.05) is 0 Å². The van der Waals surface area contributed by atoms with Crippen LogP contribution in [0, 0.1) is 5.92 Å². The molecule has 2 fully saturated rings. The quantitative estimate of drug-likeness (QED) is 0.571. The lowest BCUT2D eigenvalue weighted by molar-refractivity contribution is 0.253. The third-order valence-electron chi connectivity index (χ3n) is 6.48. The molecule has 3 rings (SSSR count). The van der Waals surface area contributed by atoms with Gasteiger partial charge in [0, 0.05) is 46.8 Å². The Hall–Kier alpha value is -1.31. The second-order valence-electron chi connectivity index (χ2n) is 9.10. The van der Waals surface area contributed by atoms with Crippen LogP contribution in [0.2, 0.25) is 0 Å². The normalized spacial score (nSPS) is 19.2. The van der Waals surface area contributed by atoms with Crippen LogP contribution in [0.25, 0.3) is 0 Å². The van der Waals surface area contributed by atoms with E-state index in [1.165, 1.54) is 30.6 Å². The molecule has 0 bridgehead atoms. The number of rotatable bonds is 10. The highest BCUT2D eigenvalue weighted by atomic mass is 32.2. The Bertz CT molecular complexity index is 739. The van der Waals surface area contributed by atoms with Crippen LogP contribution in [-0.2, 0) is 10.0 Å². The fourth-order valence-corrected chi connectivity index (χ4v) is 6.26. The van der Waals surface area contributed by atoms with E-state index in [4.69, 9.17) is 0 Å². The van der Waals surface area contributed by atoms with Crippen molar-refractivity contribution >= 4 is 21.4 Å². The van der Waals surface area contributed by atoms with Crippen molar-refractivity contribution in [3.05, 3.63) is 24.3 Å². The Morgan fingerprint density at radius 3 is 2.40 bits per heavy atom. The fourth-order valence-electron chi connectivity index (χ4n) is 4.73. The van der Waals surface area contributed by atoms with E-state index in [9.17, 15) is 8.42 Å². The van der Waals surface area contributed by atoms with Crippen molar-refractivity contribution in [2.45, 2.75) is 44.9 Å². The highest BCUT2D eigenvalue weighted by Gasteiger charge is 2.21. The summed E-state index contributed by atoms with van der Waals surface area (Å²) in [7, 11) is 1.08. The van der Waals surface area contributed by atoms with E-state index in [1.54, 1.807) is 0 Å². The minimum Gasteiger partial charge on any atom is -0.376 e. The number of piperazine rings is 1. The number of hydrogen-bond acceptors (Lipinski definition) is 5. The van der Waals surface area contributed by atoms with Crippen LogP contribution in [0.4, 0.5) is 11.4 Å². The third kappa shape index (κ3) is 7.13. The first-order chi connectivity index (χ1) is 14.4. The zero-order valence-electron chi connectivity index (χ0n) is 18.9. The monoisotopic (exact) mass is 436 g/mol. The summed E-state index contributed by atoms with van der Waals surface area (Å²) in [5, 5.41) is 0. The predicted molar refractivity (Wildman–Crippen MR) is 127 cm³/mol. The van der Waals surface area contributed by atoms with E-state index in [0.29, 0.717) is 18.2 Å². The third-order valence-corrected chi connectivity index (χ3v) is 8.03. The van der Waals surface area contributed by atoms with Crippen molar-refractivity contribution in [2.75, 3.05) is 68.9 Å². The van der Waals surface area contributed by atoms with Crippen molar-refractivity contribution < 1.29 is 8.42 Å². The van der Waals surface area contributed by atoms with E-state index < -0.39 is 10.0 Å². The topological polar surface area (TPSA) is 55.9 Å². The molecule has 0 aromatic heterocycles. The van der Waals surface area contributed by atoms with Crippen molar-refractivity contribution in [3.63, 3.8) is 0 Å². The molecule has 1 saturated heterocycles. The standard InChI is InChI=1S/C23H40N4O2S/c1-25(2)22-12-6-7-13-23(22)27-18-16-26(17-19-27)15-9-8-14-24-30(28,29)20-21-10-4-3-5-11-21/h6-7,12-13,21,24H,3-5,8-11,14-20H2,1-2H3. The largest absolute Gasteiger partial charge is 0.376 e. The molecule has 1 aliphatic heterocycles. The smallest absolute Gasteiger partial charge is 0.211 e. The van der Waals surface area contributed by atoms with Crippen LogP contribution >= 0.6 is 0 Å². The molecule has 6 nitrogen and oxygen atoms in total. The minimum atomic E-state index is -3.11. The molecule has 0 radical (unpaired) electrons. The summed E-state index contributed by atoms with van der Waals surface area (Å²) in [6, 6.07) is 8.60. The molecular weight excluding hydrogens is 396 g/mol. The van der Waals surface area contributed by atoms with Gasteiger partial charge in [0.25, 0.3) is 0 Å². The Morgan fingerprint density at radius 2 is 1.70 bits per heavy atom. The van der Waals surface area contributed by atoms with E-state index in [0.717, 1.165) is 58.4 Å². The molecule has 0 unspecified atom stereocenters. The molecule has 170 valence electrons. The van der Waals surface area contributed by atoms with Crippen LogP contribution in [0.1, 0.15) is 44.9 Å². The van der Waals surface area contributed by atoms with Gasteiger partial charge < -0.3 is 9.80 Å². The lowest BCUT2D eigenvalue weighted by Crippen LogP contribution is -2.47. The lowest BCUT2D eigenvalue weighted by Gasteiger charge is -2.37. The number of sulfonamides is 1. The maximum Gasteiger partial charge on any atom is 0.211 e. The number of benzene rings is 1. The SMILES string of the molecule is CN(C)c1ccccc1N1CCN(CCCCNS(=O)(=O)CC2CCCCC2)CC1. The zero-order chi connectivity index (χ0) is 21.4. The number of unbranched alkanes of at least 4 members (excludes halogenated alkanes) is 1. The van der Waals surface area contributed by atoms with Gasteiger partial charge in [0.1, 0.15) is 0 Å².